The second-order valence-corrected chi connectivity index (χ2v) is 3.92. The summed E-state index contributed by atoms with van der Waals surface area (Å²) in [6.45, 7) is 0.998. The van der Waals surface area contributed by atoms with E-state index >= 15 is 0 Å². The van der Waals surface area contributed by atoms with Gasteiger partial charge in [-0.05, 0) is 24.7 Å². The summed E-state index contributed by atoms with van der Waals surface area (Å²) in [6.07, 6.45) is 0. The van der Waals surface area contributed by atoms with E-state index in [2.05, 4.69) is 22.0 Å². The zero-order valence-corrected chi connectivity index (χ0v) is 9.38. The lowest BCUT2D eigenvalue weighted by atomic mass is 10.2. The summed E-state index contributed by atoms with van der Waals surface area (Å²) < 4.78 is 13.5. The number of nitriles is 1. The van der Waals surface area contributed by atoms with E-state index in [9.17, 15) is 4.39 Å². The normalized spacial score (nSPS) is 10.2. The molecule has 0 saturated heterocycles. The van der Waals surface area contributed by atoms with Crippen molar-refractivity contribution < 1.29 is 4.39 Å². The maximum atomic E-state index is 12.7. The van der Waals surface area contributed by atoms with Gasteiger partial charge in [0.25, 0.3) is 0 Å². The van der Waals surface area contributed by atoms with Gasteiger partial charge in [-0.25, -0.2) is 4.39 Å². The van der Waals surface area contributed by atoms with E-state index in [1.54, 1.807) is 6.07 Å². The number of hydrogen-bond donors (Lipinski definition) is 0. The van der Waals surface area contributed by atoms with Crippen molar-refractivity contribution in [2.45, 2.75) is 6.54 Å². The quantitative estimate of drug-likeness (QED) is 0.778. The van der Waals surface area contributed by atoms with Crippen LogP contribution in [0.1, 0.15) is 5.56 Å². The maximum Gasteiger partial charge on any atom is 0.124 e. The average molecular weight is 257 g/mol. The minimum atomic E-state index is -0.261. The van der Waals surface area contributed by atoms with Crippen molar-refractivity contribution in [2.24, 2.45) is 0 Å². The van der Waals surface area contributed by atoms with Crippen molar-refractivity contribution in [1.82, 2.24) is 4.90 Å². The monoisotopic (exact) mass is 256 g/mol. The highest BCUT2D eigenvalue weighted by molar-refractivity contribution is 9.10. The molecule has 0 aliphatic rings. The molecule has 0 N–H and O–H groups in total. The van der Waals surface area contributed by atoms with E-state index in [1.807, 2.05) is 11.9 Å². The van der Waals surface area contributed by atoms with Gasteiger partial charge < -0.3 is 0 Å². The molecular weight excluding hydrogens is 247 g/mol. The predicted octanol–water partition coefficient (Wildman–Crippen LogP) is 2.54. The van der Waals surface area contributed by atoms with Crippen LogP contribution in [-0.2, 0) is 6.54 Å². The molecule has 1 aromatic carbocycles. The maximum absolute atomic E-state index is 12.7. The molecule has 0 aromatic heterocycles. The van der Waals surface area contributed by atoms with E-state index in [0.29, 0.717) is 13.1 Å². The highest BCUT2D eigenvalue weighted by Crippen LogP contribution is 2.19. The number of halogens is 2. The van der Waals surface area contributed by atoms with Gasteiger partial charge >= 0.3 is 0 Å². The van der Waals surface area contributed by atoms with Gasteiger partial charge in [0.2, 0.25) is 0 Å². The molecule has 0 spiro atoms. The molecule has 0 aliphatic carbocycles. The fourth-order valence-corrected chi connectivity index (χ4v) is 1.59. The first-order valence-corrected chi connectivity index (χ1v) is 4.92. The van der Waals surface area contributed by atoms with Crippen LogP contribution in [0.4, 0.5) is 4.39 Å². The van der Waals surface area contributed by atoms with Crippen molar-refractivity contribution in [1.29, 1.82) is 5.26 Å². The standard InChI is InChI=1S/C10H10BrFN2/c1-14(5-4-13)7-8-2-3-9(12)6-10(8)11/h2-3,6H,5,7H2,1H3. The van der Waals surface area contributed by atoms with Gasteiger partial charge in [-0.15, -0.1) is 0 Å². The SMILES string of the molecule is CN(CC#N)Cc1ccc(F)cc1Br. The minimum Gasteiger partial charge on any atom is -0.289 e. The Labute approximate surface area is 91.1 Å². The third kappa shape index (κ3) is 3.09. The van der Waals surface area contributed by atoms with Crippen LogP contribution in [0.3, 0.4) is 0 Å². The van der Waals surface area contributed by atoms with Gasteiger partial charge in [-0.3, -0.25) is 4.90 Å². The van der Waals surface area contributed by atoms with Gasteiger partial charge in [0.1, 0.15) is 5.82 Å². The van der Waals surface area contributed by atoms with E-state index < -0.39 is 0 Å². The van der Waals surface area contributed by atoms with Crippen LogP contribution in [0.2, 0.25) is 0 Å². The van der Waals surface area contributed by atoms with E-state index in [1.165, 1.54) is 12.1 Å². The summed E-state index contributed by atoms with van der Waals surface area (Å²) in [7, 11) is 1.85. The van der Waals surface area contributed by atoms with Crippen LogP contribution in [-0.4, -0.2) is 18.5 Å². The van der Waals surface area contributed by atoms with Crippen molar-refractivity contribution in [2.75, 3.05) is 13.6 Å². The van der Waals surface area contributed by atoms with Crippen LogP contribution in [0.5, 0.6) is 0 Å². The molecule has 1 rings (SSSR count). The Morgan fingerprint density at radius 2 is 2.29 bits per heavy atom. The predicted molar refractivity (Wildman–Crippen MR) is 56.0 cm³/mol. The molecular formula is C10H10BrFN2. The molecule has 0 aliphatic heterocycles. The van der Waals surface area contributed by atoms with Gasteiger partial charge in [0.15, 0.2) is 0 Å². The number of nitrogens with zero attached hydrogens (tertiary/aromatic N) is 2. The lowest BCUT2D eigenvalue weighted by Crippen LogP contribution is -2.18. The molecule has 0 bridgehead atoms. The van der Waals surface area contributed by atoms with Crippen LogP contribution in [0.25, 0.3) is 0 Å². The first-order chi connectivity index (χ1) is 6.63. The molecule has 0 fully saturated rings. The molecule has 1 aromatic rings. The Balaban J connectivity index is 2.73. The lowest BCUT2D eigenvalue weighted by Gasteiger charge is -2.13. The highest BCUT2D eigenvalue weighted by atomic mass is 79.9. The Hall–Kier alpha value is -0.920. The first-order valence-electron chi connectivity index (χ1n) is 4.13. The van der Waals surface area contributed by atoms with Crippen LogP contribution in [0.15, 0.2) is 22.7 Å². The Bertz CT molecular complexity index is 360. The molecule has 0 saturated carbocycles. The zero-order valence-electron chi connectivity index (χ0n) is 7.80. The first kappa shape index (κ1) is 11.2. The summed E-state index contributed by atoms with van der Waals surface area (Å²) in [4.78, 5) is 1.86. The van der Waals surface area contributed by atoms with E-state index in [4.69, 9.17) is 5.26 Å². The summed E-state index contributed by atoms with van der Waals surface area (Å²) in [5.41, 5.74) is 0.976. The van der Waals surface area contributed by atoms with E-state index in [-0.39, 0.29) is 5.82 Å². The number of rotatable bonds is 3. The highest BCUT2D eigenvalue weighted by Gasteiger charge is 2.04. The van der Waals surface area contributed by atoms with Gasteiger partial charge in [0.05, 0.1) is 12.6 Å². The van der Waals surface area contributed by atoms with Crippen molar-refractivity contribution in [3.05, 3.63) is 34.1 Å². The second-order valence-electron chi connectivity index (χ2n) is 3.07. The molecule has 2 nitrogen and oxygen atoms in total. The van der Waals surface area contributed by atoms with Crippen LogP contribution >= 0.6 is 15.9 Å². The van der Waals surface area contributed by atoms with Crippen LogP contribution in [0, 0.1) is 17.1 Å². The van der Waals surface area contributed by atoms with Crippen LogP contribution < -0.4 is 0 Å². The van der Waals surface area contributed by atoms with Crippen molar-refractivity contribution >= 4 is 15.9 Å². The van der Waals surface area contributed by atoms with Gasteiger partial charge in [-0.1, -0.05) is 22.0 Å². The molecule has 0 amide bonds. The summed E-state index contributed by atoms with van der Waals surface area (Å²) in [5.74, 6) is -0.261. The minimum absolute atomic E-state index is 0.261. The van der Waals surface area contributed by atoms with Gasteiger partial charge in [0, 0.05) is 11.0 Å². The Morgan fingerprint density at radius 1 is 1.57 bits per heavy atom. The molecule has 14 heavy (non-hydrogen) atoms. The van der Waals surface area contributed by atoms with Gasteiger partial charge in [-0.2, -0.15) is 5.26 Å². The Morgan fingerprint density at radius 3 is 2.86 bits per heavy atom. The van der Waals surface area contributed by atoms with Crippen molar-refractivity contribution in [3.8, 4) is 6.07 Å². The largest absolute Gasteiger partial charge is 0.289 e. The molecule has 0 unspecified atom stereocenters. The third-order valence-electron chi connectivity index (χ3n) is 1.80. The third-order valence-corrected chi connectivity index (χ3v) is 2.53. The Kier molecular flexibility index (Phi) is 4.05. The number of benzene rings is 1. The smallest absolute Gasteiger partial charge is 0.124 e. The second kappa shape index (κ2) is 5.08. The molecule has 74 valence electrons. The summed E-state index contributed by atoms with van der Waals surface area (Å²) in [5, 5.41) is 8.46. The average Bonchev–Trinajstić information content (AvgIpc) is 2.10. The fraction of sp³-hybridized carbons (Fsp3) is 0.300. The number of hydrogen-bond acceptors (Lipinski definition) is 2. The van der Waals surface area contributed by atoms with Crippen molar-refractivity contribution in [3.63, 3.8) is 0 Å². The molecule has 0 heterocycles. The molecule has 0 radical (unpaired) electrons. The van der Waals surface area contributed by atoms with E-state index in [0.717, 1.165) is 10.0 Å². The topological polar surface area (TPSA) is 27.0 Å². The zero-order chi connectivity index (χ0) is 10.6. The summed E-state index contributed by atoms with van der Waals surface area (Å²) >= 11 is 3.28. The lowest BCUT2D eigenvalue weighted by molar-refractivity contribution is 0.366. The molecule has 0 atom stereocenters. The molecule has 4 heteroatoms. The fourth-order valence-electron chi connectivity index (χ4n) is 1.12. The summed E-state index contributed by atoms with van der Waals surface area (Å²) in [6, 6.07) is 6.61.